The van der Waals surface area contributed by atoms with Crippen LogP contribution in [-0.4, -0.2) is 85.3 Å². The topological polar surface area (TPSA) is 82.2 Å². The number of nitrogens with zero attached hydrogens (tertiary/aromatic N) is 3. The predicted octanol–water partition coefficient (Wildman–Crippen LogP) is 1.03. The lowest BCUT2D eigenvalue weighted by atomic mass is 10.0. The van der Waals surface area contributed by atoms with Crippen LogP contribution in [0.25, 0.3) is 0 Å². The SMILES string of the molecule is COc1ccc(C(CC(=O)N2CCN(CC(=O)N3CCCC3)CC2)NC(C)=O)cc1. The molecule has 2 aliphatic heterocycles. The number of benzene rings is 1. The van der Waals surface area contributed by atoms with Gasteiger partial charge in [-0.15, -0.1) is 0 Å². The molecule has 3 amide bonds. The standard InChI is InChI=1S/C22H32N4O4/c1-17(27)23-20(18-5-7-19(30-2)8-6-18)15-21(28)26-13-11-24(12-14-26)16-22(29)25-9-3-4-10-25/h5-8,20H,3-4,9-16H2,1-2H3,(H,23,27). The Bertz CT molecular complexity index is 738. The van der Waals surface area contributed by atoms with Crippen molar-refractivity contribution in [3.8, 4) is 5.75 Å². The van der Waals surface area contributed by atoms with Crippen molar-refractivity contribution in [3.05, 3.63) is 29.8 Å². The van der Waals surface area contributed by atoms with Gasteiger partial charge in [-0.1, -0.05) is 12.1 Å². The van der Waals surface area contributed by atoms with E-state index >= 15 is 0 Å². The number of likely N-dealkylation sites (tertiary alicyclic amines) is 1. The maximum atomic E-state index is 12.9. The van der Waals surface area contributed by atoms with Crippen LogP contribution in [0, 0.1) is 0 Å². The Hall–Kier alpha value is -2.61. The summed E-state index contributed by atoms with van der Waals surface area (Å²) >= 11 is 0. The molecule has 0 spiro atoms. The van der Waals surface area contributed by atoms with Crippen molar-refractivity contribution < 1.29 is 19.1 Å². The lowest BCUT2D eigenvalue weighted by Gasteiger charge is -2.35. The Kier molecular flexibility index (Phi) is 7.68. The Labute approximate surface area is 178 Å². The molecule has 0 aliphatic carbocycles. The third kappa shape index (κ3) is 5.95. The van der Waals surface area contributed by atoms with Crippen LogP contribution in [0.1, 0.15) is 37.8 Å². The van der Waals surface area contributed by atoms with Crippen LogP contribution in [0.15, 0.2) is 24.3 Å². The lowest BCUT2D eigenvalue weighted by molar-refractivity contribution is -0.135. The maximum Gasteiger partial charge on any atom is 0.236 e. The number of nitrogens with one attached hydrogen (secondary N) is 1. The number of piperazine rings is 1. The number of hydrogen-bond donors (Lipinski definition) is 1. The summed E-state index contributed by atoms with van der Waals surface area (Å²) in [5.41, 5.74) is 0.870. The Balaban J connectivity index is 1.52. The summed E-state index contributed by atoms with van der Waals surface area (Å²) in [4.78, 5) is 42.8. The molecule has 2 saturated heterocycles. The van der Waals surface area contributed by atoms with Crippen LogP contribution >= 0.6 is 0 Å². The normalized spacial score (nSPS) is 18.2. The minimum absolute atomic E-state index is 0.00934. The van der Waals surface area contributed by atoms with Gasteiger partial charge in [0.25, 0.3) is 0 Å². The zero-order chi connectivity index (χ0) is 21.5. The highest BCUT2D eigenvalue weighted by atomic mass is 16.5. The monoisotopic (exact) mass is 416 g/mol. The number of methoxy groups -OCH3 is 1. The maximum absolute atomic E-state index is 12.9. The number of hydrogen-bond acceptors (Lipinski definition) is 5. The average Bonchev–Trinajstić information content (AvgIpc) is 3.28. The number of rotatable bonds is 7. The van der Waals surface area contributed by atoms with E-state index in [1.807, 2.05) is 34.1 Å². The molecule has 0 radical (unpaired) electrons. The van der Waals surface area contributed by atoms with Crippen molar-refractivity contribution in [3.63, 3.8) is 0 Å². The summed E-state index contributed by atoms with van der Waals surface area (Å²) in [7, 11) is 1.60. The van der Waals surface area contributed by atoms with Gasteiger partial charge < -0.3 is 19.9 Å². The number of ether oxygens (including phenoxy) is 1. The smallest absolute Gasteiger partial charge is 0.236 e. The molecule has 1 atom stereocenters. The molecular formula is C22H32N4O4. The first kappa shape index (κ1) is 22.1. The first-order chi connectivity index (χ1) is 14.5. The second-order valence-corrected chi connectivity index (χ2v) is 7.98. The van der Waals surface area contributed by atoms with Gasteiger partial charge in [0.1, 0.15) is 5.75 Å². The molecular weight excluding hydrogens is 384 g/mol. The van der Waals surface area contributed by atoms with Gasteiger partial charge in [-0.2, -0.15) is 0 Å². The molecule has 0 saturated carbocycles. The molecule has 1 aromatic carbocycles. The summed E-state index contributed by atoms with van der Waals surface area (Å²) in [6.07, 6.45) is 2.40. The fourth-order valence-corrected chi connectivity index (χ4v) is 4.05. The largest absolute Gasteiger partial charge is 0.497 e. The minimum atomic E-state index is -0.379. The van der Waals surface area contributed by atoms with Gasteiger partial charge >= 0.3 is 0 Å². The minimum Gasteiger partial charge on any atom is -0.497 e. The van der Waals surface area contributed by atoms with Crippen molar-refractivity contribution >= 4 is 17.7 Å². The molecule has 0 bridgehead atoms. The van der Waals surface area contributed by atoms with E-state index in [0.29, 0.717) is 32.7 Å². The zero-order valence-electron chi connectivity index (χ0n) is 17.9. The molecule has 164 valence electrons. The highest BCUT2D eigenvalue weighted by molar-refractivity contribution is 5.80. The summed E-state index contributed by atoms with van der Waals surface area (Å²) in [5, 5.41) is 2.88. The van der Waals surface area contributed by atoms with Crippen LogP contribution in [0.4, 0.5) is 0 Å². The van der Waals surface area contributed by atoms with Crippen molar-refractivity contribution in [2.24, 2.45) is 0 Å². The molecule has 30 heavy (non-hydrogen) atoms. The van der Waals surface area contributed by atoms with Crippen LogP contribution in [0.3, 0.4) is 0 Å². The van der Waals surface area contributed by atoms with Crippen molar-refractivity contribution in [1.29, 1.82) is 0 Å². The van der Waals surface area contributed by atoms with E-state index in [2.05, 4.69) is 10.2 Å². The van der Waals surface area contributed by atoms with Crippen molar-refractivity contribution in [2.45, 2.75) is 32.2 Å². The van der Waals surface area contributed by atoms with E-state index in [9.17, 15) is 14.4 Å². The summed E-state index contributed by atoms with van der Waals surface area (Å²) in [6, 6.07) is 7.01. The van der Waals surface area contributed by atoms with E-state index in [-0.39, 0.29) is 30.2 Å². The molecule has 2 heterocycles. The highest BCUT2D eigenvalue weighted by Crippen LogP contribution is 2.22. The van der Waals surface area contributed by atoms with Gasteiger partial charge in [-0.05, 0) is 30.5 Å². The van der Waals surface area contributed by atoms with Gasteiger partial charge in [-0.25, -0.2) is 0 Å². The molecule has 3 rings (SSSR count). The van der Waals surface area contributed by atoms with E-state index in [4.69, 9.17) is 4.74 Å². The molecule has 8 nitrogen and oxygen atoms in total. The number of amides is 3. The van der Waals surface area contributed by atoms with Gasteiger partial charge in [0.2, 0.25) is 17.7 Å². The van der Waals surface area contributed by atoms with E-state index in [1.165, 1.54) is 6.92 Å². The second-order valence-electron chi connectivity index (χ2n) is 7.98. The third-order valence-corrected chi connectivity index (χ3v) is 5.82. The van der Waals surface area contributed by atoms with Gasteiger partial charge in [0, 0.05) is 46.2 Å². The predicted molar refractivity (Wildman–Crippen MR) is 113 cm³/mol. The number of carbonyl (C=O) groups excluding carboxylic acids is 3. The highest BCUT2D eigenvalue weighted by Gasteiger charge is 2.27. The zero-order valence-corrected chi connectivity index (χ0v) is 17.9. The fraction of sp³-hybridized carbons (Fsp3) is 0.591. The molecule has 1 aromatic rings. The quantitative estimate of drug-likeness (QED) is 0.718. The van der Waals surface area contributed by atoms with Gasteiger partial charge in [-0.3, -0.25) is 19.3 Å². The van der Waals surface area contributed by atoms with E-state index in [0.717, 1.165) is 37.2 Å². The second kappa shape index (κ2) is 10.4. The molecule has 0 aromatic heterocycles. The van der Waals surface area contributed by atoms with Crippen LogP contribution < -0.4 is 10.1 Å². The van der Waals surface area contributed by atoms with Crippen LogP contribution in [0.2, 0.25) is 0 Å². The molecule has 2 fully saturated rings. The fourth-order valence-electron chi connectivity index (χ4n) is 4.05. The van der Waals surface area contributed by atoms with Gasteiger partial charge in [0.15, 0.2) is 0 Å². The number of carbonyl (C=O) groups is 3. The van der Waals surface area contributed by atoms with Crippen LogP contribution in [-0.2, 0) is 14.4 Å². The Morgan fingerprint density at radius 1 is 0.933 bits per heavy atom. The molecule has 2 aliphatic rings. The summed E-state index contributed by atoms with van der Waals surface area (Å²) in [5.74, 6) is 0.757. The average molecular weight is 417 g/mol. The Morgan fingerprint density at radius 3 is 2.10 bits per heavy atom. The van der Waals surface area contributed by atoms with E-state index in [1.54, 1.807) is 7.11 Å². The van der Waals surface area contributed by atoms with Crippen molar-refractivity contribution in [1.82, 2.24) is 20.0 Å². The molecule has 1 N–H and O–H groups in total. The summed E-state index contributed by atoms with van der Waals surface area (Å²) < 4.78 is 5.18. The van der Waals surface area contributed by atoms with Crippen molar-refractivity contribution in [2.75, 3.05) is 52.9 Å². The van der Waals surface area contributed by atoms with Gasteiger partial charge in [0.05, 0.1) is 26.1 Å². The molecule has 1 unspecified atom stereocenters. The summed E-state index contributed by atoms with van der Waals surface area (Å²) in [6.45, 7) is 6.21. The third-order valence-electron chi connectivity index (χ3n) is 5.82. The molecule has 8 heteroatoms. The lowest BCUT2D eigenvalue weighted by Crippen LogP contribution is -2.51. The van der Waals surface area contributed by atoms with E-state index < -0.39 is 0 Å². The first-order valence-corrected chi connectivity index (χ1v) is 10.6. The Morgan fingerprint density at radius 2 is 1.53 bits per heavy atom. The van der Waals surface area contributed by atoms with Crippen LogP contribution in [0.5, 0.6) is 5.75 Å². The first-order valence-electron chi connectivity index (χ1n) is 10.6.